The molecule has 1 fully saturated rings. The van der Waals surface area contributed by atoms with E-state index in [4.69, 9.17) is 5.73 Å². The van der Waals surface area contributed by atoms with Crippen molar-refractivity contribution in [2.24, 2.45) is 0 Å². The molecule has 82 valence electrons. The summed E-state index contributed by atoms with van der Waals surface area (Å²) in [6, 6.07) is 3.69. The van der Waals surface area contributed by atoms with Crippen molar-refractivity contribution in [1.82, 2.24) is 9.88 Å². The number of rotatable bonds is 1. The first-order valence-electron chi connectivity index (χ1n) is 5.24. The molecule has 2 rings (SSSR count). The summed E-state index contributed by atoms with van der Waals surface area (Å²) < 4.78 is 0. The second kappa shape index (κ2) is 3.79. The smallest absolute Gasteiger partial charge is 0.129 e. The van der Waals surface area contributed by atoms with Gasteiger partial charge in [-0.2, -0.15) is 0 Å². The maximum Gasteiger partial charge on any atom is 0.129 e. The van der Waals surface area contributed by atoms with E-state index in [-0.39, 0.29) is 0 Å². The Labute approximate surface area is 89.7 Å². The van der Waals surface area contributed by atoms with E-state index in [1.54, 1.807) is 6.20 Å². The van der Waals surface area contributed by atoms with Crippen LogP contribution in [0, 0.1) is 0 Å². The lowest BCUT2D eigenvalue weighted by Gasteiger charge is -2.37. The van der Waals surface area contributed by atoms with Gasteiger partial charge in [-0.15, -0.1) is 0 Å². The molecule has 0 amide bonds. The lowest BCUT2D eigenvalue weighted by Crippen LogP contribution is -2.41. The molecule has 1 saturated heterocycles. The van der Waals surface area contributed by atoms with Crippen LogP contribution < -0.4 is 5.73 Å². The molecule has 0 spiro atoms. The number of anilines is 1. The average molecular weight is 207 g/mol. The van der Waals surface area contributed by atoms with E-state index in [1.165, 1.54) is 0 Å². The Morgan fingerprint density at radius 1 is 1.47 bits per heavy atom. The van der Waals surface area contributed by atoms with Gasteiger partial charge >= 0.3 is 0 Å². The first-order valence-corrected chi connectivity index (χ1v) is 5.24. The Hall–Kier alpha value is -1.13. The van der Waals surface area contributed by atoms with E-state index in [0.29, 0.717) is 5.82 Å². The minimum atomic E-state index is -0.787. The highest BCUT2D eigenvalue weighted by Gasteiger charge is 2.34. The van der Waals surface area contributed by atoms with Gasteiger partial charge in [0, 0.05) is 24.8 Å². The molecule has 0 unspecified atom stereocenters. The van der Waals surface area contributed by atoms with E-state index in [1.807, 2.05) is 12.1 Å². The predicted molar refractivity (Wildman–Crippen MR) is 59.3 cm³/mol. The summed E-state index contributed by atoms with van der Waals surface area (Å²) in [7, 11) is 2.06. The van der Waals surface area contributed by atoms with Gasteiger partial charge in [0.1, 0.15) is 5.82 Å². The fraction of sp³-hybridized carbons (Fsp3) is 0.545. The molecule has 0 atom stereocenters. The predicted octanol–water partition coefficient (Wildman–Crippen LogP) is 0.577. The third kappa shape index (κ3) is 1.96. The molecule has 1 aliphatic rings. The highest BCUT2D eigenvalue weighted by Crippen LogP contribution is 2.34. The van der Waals surface area contributed by atoms with Crippen LogP contribution in [-0.2, 0) is 5.60 Å². The molecule has 15 heavy (non-hydrogen) atoms. The standard InChI is InChI=1S/C11H17N3O/c1-14-7-4-11(15,5-8-14)9-3-2-6-13-10(9)12/h2-3,6,15H,4-5,7-8H2,1H3,(H2,12,13). The van der Waals surface area contributed by atoms with Crippen LogP contribution in [0.4, 0.5) is 5.82 Å². The second-order valence-electron chi connectivity index (χ2n) is 4.27. The van der Waals surface area contributed by atoms with Crippen molar-refractivity contribution in [3.8, 4) is 0 Å². The van der Waals surface area contributed by atoms with Gasteiger partial charge in [-0.05, 0) is 26.0 Å². The number of hydrogen-bond donors (Lipinski definition) is 2. The number of aliphatic hydroxyl groups is 1. The van der Waals surface area contributed by atoms with Crippen LogP contribution in [-0.4, -0.2) is 35.1 Å². The third-order valence-corrected chi connectivity index (χ3v) is 3.15. The van der Waals surface area contributed by atoms with Gasteiger partial charge in [0.2, 0.25) is 0 Å². The number of nitrogens with two attached hydrogens (primary N) is 1. The molecular formula is C11H17N3O. The highest BCUT2D eigenvalue weighted by atomic mass is 16.3. The molecule has 2 heterocycles. The van der Waals surface area contributed by atoms with Crippen LogP contribution in [0.5, 0.6) is 0 Å². The Balaban J connectivity index is 2.26. The molecule has 0 bridgehead atoms. The molecule has 1 aliphatic heterocycles. The van der Waals surface area contributed by atoms with Gasteiger partial charge in [0.05, 0.1) is 5.60 Å². The topological polar surface area (TPSA) is 62.4 Å². The monoisotopic (exact) mass is 207 g/mol. The fourth-order valence-corrected chi connectivity index (χ4v) is 2.07. The van der Waals surface area contributed by atoms with E-state index in [9.17, 15) is 5.11 Å². The summed E-state index contributed by atoms with van der Waals surface area (Å²) in [6.45, 7) is 1.79. The third-order valence-electron chi connectivity index (χ3n) is 3.15. The van der Waals surface area contributed by atoms with Crippen LogP contribution in [0.1, 0.15) is 18.4 Å². The zero-order valence-electron chi connectivity index (χ0n) is 8.98. The maximum atomic E-state index is 10.5. The normalized spacial score (nSPS) is 21.5. The zero-order chi connectivity index (χ0) is 10.9. The Morgan fingerprint density at radius 3 is 2.73 bits per heavy atom. The van der Waals surface area contributed by atoms with Crippen molar-refractivity contribution in [3.63, 3.8) is 0 Å². The van der Waals surface area contributed by atoms with Crippen molar-refractivity contribution in [1.29, 1.82) is 0 Å². The summed E-state index contributed by atoms with van der Waals surface area (Å²) in [5.74, 6) is 0.449. The fourth-order valence-electron chi connectivity index (χ4n) is 2.07. The van der Waals surface area contributed by atoms with Crippen LogP contribution in [0.15, 0.2) is 18.3 Å². The number of aromatic nitrogens is 1. The summed E-state index contributed by atoms with van der Waals surface area (Å²) >= 11 is 0. The summed E-state index contributed by atoms with van der Waals surface area (Å²) in [5, 5.41) is 10.5. The molecule has 0 saturated carbocycles. The molecular weight excluding hydrogens is 190 g/mol. The van der Waals surface area contributed by atoms with Crippen LogP contribution >= 0.6 is 0 Å². The highest BCUT2D eigenvalue weighted by molar-refractivity contribution is 5.43. The molecule has 0 aromatic carbocycles. The number of likely N-dealkylation sites (tertiary alicyclic amines) is 1. The Kier molecular flexibility index (Phi) is 2.63. The molecule has 1 aromatic heterocycles. The lowest BCUT2D eigenvalue weighted by molar-refractivity contribution is -0.0198. The molecule has 3 N–H and O–H groups in total. The Bertz CT molecular complexity index is 345. The quantitative estimate of drug-likeness (QED) is 0.707. The van der Waals surface area contributed by atoms with E-state index >= 15 is 0 Å². The average Bonchev–Trinajstić information content (AvgIpc) is 2.23. The van der Waals surface area contributed by atoms with Crippen molar-refractivity contribution in [2.75, 3.05) is 25.9 Å². The molecule has 4 heteroatoms. The first kappa shape index (κ1) is 10.4. The van der Waals surface area contributed by atoms with Crippen LogP contribution in [0.2, 0.25) is 0 Å². The van der Waals surface area contributed by atoms with E-state index in [0.717, 1.165) is 31.5 Å². The van der Waals surface area contributed by atoms with Crippen molar-refractivity contribution in [3.05, 3.63) is 23.9 Å². The zero-order valence-corrected chi connectivity index (χ0v) is 8.98. The Morgan fingerprint density at radius 2 is 2.13 bits per heavy atom. The number of hydrogen-bond acceptors (Lipinski definition) is 4. The van der Waals surface area contributed by atoms with Gasteiger partial charge in [0.15, 0.2) is 0 Å². The van der Waals surface area contributed by atoms with Gasteiger partial charge in [-0.3, -0.25) is 0 Å². The van der Waals surface area contributed by atoms with Gasteiger partial charge in [0.25, 0.3) is 0 Å². The largest absolute Gasteiger partial charge is 0.385 e. The van der Waals surface area contributed by atoms with Gasteiger partial charge < -0.3 is 15.7 Å². The molecule has 0 aliphatic carbocycles. The lowest BCUT2D eigenvalue weighted by atomic mass is 9.85. The van der Waals surface area contributed by atoms with Gasteiger partial charge in [-0.1, -0.05) is 6.07 Å². The maximum absolute atomic E-state index is 10.5. The summed E-state index contributed by atoms with van der Waals surface area (Å²) in [4.78, 5) is 6.23. The number of nitrogens with zero attached hydrogens (tertiary/aromatic N) is 2. The summed E-state index contributed by atoms with van der Waals surface area (Å²) in [6.07, 6.45) is 3.09. The van der Waals surface area contributed by atoms with Crippen molar-refractivity contribution >= 4 is 5.82 Å². The van der Waals surface area contributed by atoms with Crippen molar-refractivity contribution in [2.45, 2.75) is 18.4 Å². The van der Waals surface area contributed by atoms with Crippen LogP contribution in [0.3, 0.4) is 0 Å². The minimum absolute atomic E-state index is 0.449. The van der Waals surface area contributed by atoms with E-state index in [2.05, 4.69) is 16.9 Å². The number of nitrogen functional groups attached to an aromatic ring is 1. The molecule has 1 aromatic rings. The van der Waals surface area contributed by atoms with Crippen molar-refractivity contribution < 1.29 is 5.11 Å². The number of piperidine rings is 1. The van der Waals surface area contributed by atoms with E-state index < -0.39 is 5.60 Å². The van der Waals surface area contributed by atoms with Gasteiger partial charge in [-0.25, -0.2) is 4.98 Å². The first-order chi connectivity index (χ1) is 7.12. The second-order valence-corrected chi connectivity index (χ2v) is 4.27. The molecule has 4 nitrogen and oxygen atoms in total. The summed E-state index contributed by atoms with van der Waals surface area (Å²) in [5.41, 5.74) is 5.78. The molecule has 0 radical (unpaired) electrons. The minimum Gasteiger partial charge on any atom is -0.385 e. The SMILES string of the molecule is CN1CCC(O)(c2cccnc2N)CC1. The number of pyridine rings is 1. The van der Waals surface area contributed by atoms with Crippen LogP contribution in [0.25, 0.3) is 0 Å².